The van der Waals surface area contributed by atoms with Crippen molar-refractivity contribution in [3.8, 4) is 0 Å². The maximum atomic E-state index is 5.65. The number of anilines is 1. The molecule has 2 aromatic rings. The fourth-order valence-electron chi connectivity index (χ4n) is 1.70. The van der Waals surface area contributed by atoms with Crippen LogP contribution < -0.4 is 4.90 Å². The third-order valence-electron chi connectivity index (χ3n) is 2.50. The number of benzene rings is 1. The van der Waals surface area contributed by atoms with Gasteiger partial charge in [-0.25, -0.2) is 0 Å². The molecule has 0 saturated carbocycles. The number of rotatable bonds is 1. The van der Waals surface area contributed by atoms with Crippen molar-refractivity contribution in [2.75, 3.05) is 31.2 Å². The summed E-state index contributed by atoms with van der Waals surface area (Å²) in [6.07, 6.45) is 0. The molecule has 77 valence electrons. The van der Waals surface area contributed by atoms with Gasteiger partial charge >= 0.3 is 0 Å². The molecule has 0 bridgehead atoms. The molecule has 4 heteroatoms. The van der Waals surface area contributed by atoms with Crippen LogP contribution in [0.25, 0.3) is 11.1 Å². The molecular formula is C11H11N2O2. The van der Waals surface area contributed by atoms with Gasteiger partial charge in [0.2, 0.25) is 0 Å². The number of hydrogen-bond donors (Lipinski definition) is 0. The van der Waals surface area contributed by atoms with Crippen LogP contribution in [0.2, 0.25) is 0 Å². The molecule has 1 fully saturated rings. The summed E-state index contributed by atoms with van der Waals surface area (Å²) in [5.74, 6) is 0. The van der Waals surface area contributed by atoms with Crippen LogP contribution in [0.1, 0.15) is 0 Å². The Morgan fingerprint density at radius 1 is 1.33 bits per heavy atom. The van der Waals surface area contributed by atoms with E-state index in [1.165, 1.54) is 0 Å². The van der Waals surface area contributed by atoms with Crippen molar-refractivity contribution in [3.63, 3.8) is 0 Å². The van der Waals surface area contributed by atoms with Crippen molar-refractivity contribution in [2.24, 2.45) is 0 Å². The van der Waals surface area contributed by atoms with Crippen LogP contribution in [0.5, 0.6) is 0 Å². The molecular weight excluding hydrogens is 192 g/mol. The maximum absolute atomic E-state index is 5.65. The van der Waals surface area contributed by atoms with Crippen LogP contribution in [0.15, 0.2) is 22.6 Å². The standard InChI is InChI=1S/C11H11N2O2/c1-2-4-10-9(3-1)12-11(15-10)13-5-7-14-8-6-13/h2-4H,5-8H2. The first-order chi connectivity index (χ1) is 7.43. The lowest BCUT2D eigenvalue weighted by Gasteiger charge is -2.24. The Hall–Kier alpha value is -1.55. The lowest BCUT2D eigenvalue weighted by molar-refractivity contribution is 0.120. The summed E-state index contributed by atoms with van der Waals surface area (Å²) in [4.78, 5) is 6.51. The Kier molecular flexibility index (Phi) is 2.07. The molecule has 0 unspecified atom stereocenters. The summed E-state index contributed by atoms with van der Waals surface area (Å²) in [7, 11) is 0. The molecule has 0 N–H and O–H groups in total. The van der Waals surface area contributed by atoms with Crippen molar-refractivity contribution in [3.05, 3.63) is 24.3 Å². The van der Waals surface area contributed by atoms with Crippen LogP contribution in [-0.4, -0.2) is 31.3 Å². The lowest BCUT2D eigenvalue weighted by atomic mass is 10.3. The second kappa shape index (κ2) is 3.55. The Labute approximate surface area is 87.5 Å². The molecule has 0 aliphatic carbocycles. The van der Waals surface area contributed by atoms with E-state index in [1.54, 1.807) is 0 Å². The summed E-state index contributed by atoms with van der Waals surface area (Å²) in [6, 6.07) is 9.22. The number of fused-ring (bicyclic) bond motifs is 1. The Morgan fingerprint density at radius 3 is 3.00 bits per heavy atom. The van der Waals surface area contributed by atoms with E-state index in [4.69, 9.17) is 9.15 Å². The molecule has 0 atom stereocenters. The molecule has 3 rings (SSSR count). The minimum Gasteiger partial charge on any atom is -0.423 e. The third kappa shape index (κ3) is 1.57. The number of aromatic nitrogens is 1. The zero-order valence-corrected chi connectivity index (χ0v) is 8.27. The van der Waals surface area contributed by atoms with Gasteiger partial charge in [0.05, 0.1) is 13.2 Å². The highest BCUT2D eigenvalue weighted by Gasteiger charge is 2.16. The number of morpholine rings is 1. The van der Waals surface area contributed by atoms with Crippen LogP contribution in [0, 0.1) is 6.07 Å². The van der Waals surface area contributed by atoms with Gasteiger partial charge in [0.25, 0.3) is 6.01 Å². The minimum absolute atomic E-state index is 0.688. The normalized spacial score (nSPS) is 17.2. The number of nitrogens with zero attached hydrogens (tertiary/aromatic N) is 2. The Morgan fingerprint density at radius 2 is 2.20 bits per heavy atom. The first kappa shape index (κ1) is 8.73. The Bertz CT molecular complexity index is 427. The lowest BCUT2D eigenvalue weighted by Crippen LogP contribution is -2.36. The van der Waals surface area contributed by atoms with Gasteiger partial charge in [0, 0.05) is 13.1 Å². The molecule has 4 nitrogen and oxygen atoms in total. The molecule has 15 heavy (non-hydrogen) atoms. The van der Waals surface area contributed by atoms with Gasteiger partial charge in [0.1, 0.15) is 5.52 Å². The predicted octanol–water partition coefficient (Wildman–Crippen LogP) is 1.46. The summed E-state index contributed by atoms with van der Waals surface area (Å²) in [5, 5.41) is 0. The number of hydrogen-bond acceptors (Lipinski definition) is 4. The second-order valence-corrected chi connectivity index (χ2v) is 3.49. The first-order valence-corrected chi connectivity index (χ1v) is 5.03. The van der Waals surface area contributed by atoms with Crippen molar-refractivity contribution in [1.82, 2.24) is 4.98 Å². The van der Waals surface area contributed by atoms with E-state index >= 15 is 0 Å². The van der Waals surface area contributed by atoms with Crippen molar-refractivity contribution in [1.29, 1.82) is 0 Å². The minimum atomic E-state index is 0.688. The largest absolute Gasteiger partial charge is 0.423 e. The van der Waals surface area contributed by atoms with E-state index in [0.29, 0.717) is 6.01 Å². The number of oxazole rings is 1. The molecule has 1 radical (unpaired) electrons. The molecule has 2 heterocycles. The van der Waals surface area contributed by atoms with E-state index in [0.717, 1.165) is 37.4 Å². The van der Waals surface area contributed by atoms with Crippen LogP contribution in [0.3, 0.4) is 0 Å². The molecule has 0 amide bonds. The zero-order valence-electron chi connectivity index (χ0n) is 8.27. The highest BCUT2D eigenvalue weighted by molar-refractivity contribution is 5.74. The molecule has 1 aliphatic rings. The summed E-state index contributed by atoms with van der Waals surface area (Å²) in [6.45, 7) is 3.17. The monoisotopic (exact) mass is 203 g/mol. The quantitative estimate of drug-likeness (QED) is 0.703. The Balaban J connectivity index is 1.96. The van der Waals surface area contributed by atoms with Gasteiger partial charge in [-0.05, 0) is 18.2 Å². The second-order valence-electron chi connectivity index (χ2n) is 3.49. The predicted molar refractivity (Wildman–Crippen MR) is 55.9 cm³/mol. The molecule has 1 aromatic heterocycles. The van der Waals surface area contributed by atoms with Gasteiger partial charge in [-0.2, -0.15) is 4.98 Å². The van der Waals surface area contributed by atoms with Crippen molar-refractivity contribution < 1.29 is 9.15 Å². The average molecular weight is 203 g/mol. The fourth-order valence-corrected chi connectivity index (χ4v) is 1.70. The smallest absolute Gasteiger partial charge is 0.298 e. The van der Waals surface area contributed by atoms with E-state index < -0.39 is 0 Å². The van der Waals surface area contributed by atoms with Gasteiger partial charge in [-0.3, -0.25) is 0 Å². The van der Waals surface area contributed by atoms with Crippen LogP contribution in [-0.2, 0) is 4.74 Å². The van der Waals surface area contributed by atoms with E-state index in [1.807, 2.05) is 18.2 Å². The maximum Gasteiger partial charge on any atom is 0.298 e. The molecule has 1 saturated heterocycles. The fraction of sp³-hybridized carbons (Fsp3) is 0.364. The van der Waals surface area contributed by atoms with Gasteiger partial charge < -0.3 is 14.1 Å². The summed E-state index contributed by atoms with van der Waals surface area (Å²) in [5.41, 5.74) is 1.68. The van der Waals surface area contributed by atoms with E-state index in [9.17, 15) is 0 Å². The molecule has 1 aliphatic heterocycles. The topological polar surface area (TPSA) is 38.5 Å². The number of ether oxygens (including phenoxy) is 1. The highest BCUT2D eigenvalue weighted by Crippen LogP contribution is 2.21. The zero-order chi connectivity index (χ0) is 10.1. The van der Waals surface area contributed by atoms with Gasteiger partial charge in [-0.15, -0.1) is 0 Å². The van der Waals surface area contributed by atoms with Crippen molar-refractivity contribution in [2.45, 2.75) is 0 Å². The van der Waals surface area contributed by atoms with Gasteiger partial charge in [0.15, 0.2) is 5.58 Å². The van der Waals surface area contributed by atoms with Crippen molar-refractivity contribution >= 4 is 17.1 Å². The van der Waals surface area contributed by atoms with E-state index in [-0.39, 0.29) is 0 Å². The summed E-state index contributed by atoms with van der Waals surface area (Å²) >= 11 is 0. The van der Waals surface area contributed by atoms with Crippen LogP contribution in [0.4, 0.5) is 6.01 Å². The SMILES string of the molecule is [c]1ccc2oc(N3CCOCC3)nc2c1. The highest BCUT2D eigenvalue weighted by atomic mass is 16.5. The van der Waals surface area contributed by atoms with Crippen LogP contribution >= 0.6 is 0 Å². The third-order valence-corrected chi connectivity index (χ3v) is 2.50. The first-order valence-electron chi connectivity index (χ1n) is 5.03. The van der Waals surface area contributed by atoms with Gasteiger partial charge in [-0.1, -0.05) is 6.07 Å². The summed E-state index contributed by atoms with van der Waals surface area (Å²) < 4.78 is 10.9. The molecule has 0 spiro atoms. The molecule has 1 aromatic carbocycles. The van der Waals surface area contributed by atoms with E-state index in [2.05, 4.69) is 16.0 Å². The average Bonchev–Trinajstić information content (AvgIpc) is 2.74.